The highest BCUT2D eigenvalue weighted by molar-refractivity contribution is 5.94. The summed E-state index contributed by atoms with van der Waals surface area (Å²) in [5, 5.41) is 14.7. The van der Waals surface area contributed by atoms with E-state index < -0.39 is 23.6 Å². The van der Waals surface area contributed by atoms with E-state index in [1.54, 1.807) is 19.2 Å². The molecule has 1 saturated carbocycles. The number of methoxy groups -OCH3 is 1. The number of carboxylic acid groups (broad SMARTS) is 1. The van der Waals surface area contributed by atoms with Crippen LogP contribution in [0.5, 0.6) is 0 Å². The van der Waals surface area contributed by atoms with Crippen molar-refractivity contribution in [2.45, 2.75) is 37.6 Å². The van der Waals surface area contributed by atoms with Gasteiger partial charge in [-0.3, -0.25) is 9.59 Å². The lowest BCUT2D eigenvalue weighted by atomic mass is 9.74. The lowest BCUT2D eigenvalue weighted by Gasteiger charge is -2.40. The van der Waals surface area contributed by atoms with Gasteiger partial charge in [-0.15, -0.1) is 0 Å². The van der Waals surface area contributed by atoms with Crippen molar-refractivity contribution >= 4 is 17.7 Å². The minimum Gasteiger partial charge on any atom is -0.481 e. The number of aromatic nitrogens is 1. The van der Waals surface area contributed by atoms with E-state index in [1.165, 1.54) is 18.3 Å². The summed E-state index contributed by atoms with van der Waals surface area (Å²) in [6.07, 6.45) is -1.21. The molecule has 1 heterocycles. The van der Waals surface area contributed by atoms with E-state index in [1.807, 2.05) is 24.3 Å². The molecule has 200 valence electrons. The average Bonchev–Trinajstić information content (AvgIpc) is 2.87. The third kappa shape index (κ3) is 6.69. The number of carbonyl (C=O) groups excluding carboxylic acids is 1. The van der Waals surface area contributed by atoms with Crippen LogP contribution in [0.1, 0.15) is 46.8 Å². The molecule has 0 aliphatic heterocycles. The van der Waals surface area contributed by atoms with E-state index in [0.717, 1.165) is 36.1 Å². The zero-order valence-corrected chi connectivity index (χ0v) is 20.7. The number of amides is 1. The maximum absolute atomic E-state index is 12.9. The van der Waals surface area contributed by atoms with Crippen molar-refractivity contribution in [3.05, 3.63) is 83.6 Å². The van der Waals surface area contributed by atoms with Gasteiger partial charge >= 0.3 is 12.1 Å². The lowest BCUT2D eigenvalue weighted by molar-refractivity contribution is -0.138. The molecule has 3 N–H and O–H groups in total. The molecule has 0 spiro atoms. The molecule has 38 heavy (non-hydrogen) atoms. The van der Waals surface area contributed by atoms with Crippen molar-refractivity contribution in [3.63, 3.8) is 0 Å². The van der Waals surface area contributed by atoms with Crippen LogP contribution in [0.2, 0.25) is 0 Å². The molecule has 1 aromatic heterocycles. The lowest BCUT2D eigenvalue weighted by Crippen LogP contribution is -2.37. The van der Waals surface area contributed by atoms with Gasteiger partial charge in [0.05, 0.1) is 29.7 Å². The van der Waals surface area contributed by atoms with Crippen LogP contribution in [0.4, 0.5) is 19.0 Å². The molecule has 4 rings (SSSR count). The van der Waals surface area contributed by atoms with Crippen molar-refractivity contribution in [3.8, 4) is 11.1 Å². The Hall–Kier alpha value is -3.92. The Morgan fingerprint density at radius 1 is 1.03 bits per heavy atom. The van der Waals surface area contributed by atoms with Crippen LogP contribution in [0.15, 0.2) is 66.9 Å². The molecule has 3 aromatic rings. The highest BCUT2D eigenvalue weighted by Crippen LogP contribution is 2.41. The Morgan fingerprint density at radius 3 is 2.18 bits per heavy atom. The molecule has 1 atom stereocenters. The number of hydrogen-bond donors (Lipinski definition) is 3. The fraction of sp³-hybridized carbons (Fsp3) is 0.321. The first-order valence-corrected chi connectivity index (χ1v) is 12.2. The van der Waals surface area contributed by atoms with Gasteiger partial charge < -0.3 is 20.5 Å². The molecule has 0 radical (unpaired) electrons. The van der Waals surface area contributed by atoms with Gasteiger partial charge in [0, 0.05) is 19.9 Å². The fourth-order valence-corrected chi connectivity index (χ4v) is 4.44. The number of carboxylic acids is 1. The molecule has 10 heteroatoms. The SMILES string of the molecule is COC1CC(C(Nc2ccc(C(=O)NCCC(=O)O)cn2)c2ccc(-c3ccc(C(F)(F)F)cc3)cc2)C1. The number of aliphatic carboxylic acids is 1. The van der Waals surface area contributed by atoms with Gasteiger partial charge in [0.1, 0.15) is 5.82 Å². The highest BCUT2D eigenvalue weighted by atomic mass is 19.4. The normalized spacial score (nSPS) is 17.8. The summed E-state index contributed by atoms with van der Waals surface area (Å²) in [5.74, 6) is -0.543. The van der Waals surface area contributed by atoms with Crippen molar-refractivity contribution in [2.75, 3.05) is 19.0 Å². The summed E-state index contributed by atoms with van der Waals surface area (Å²) in [5.41, 5.74) is 2.13. The van der Waals surface area contributed by atoms with Crippen molar-refractivity contribution < 1.29 is 32.6 Å². The van der Waals surface area contributed by atoms with Gasteiger partial charge in [-0.05, 0) is 59.7 Å². The summed E-state index contributed by atoms with van der Waals surface area (Å²) in [4.78, 5) is 27.2. The van der Waals surface area contributed by atoms with Crippen LogP contribution >= 0.6 is 0 Å². The molecule has 1 aliphatic carbocycles. The second-order valence-electron chi connectivity index (χ2n) is 9.24. The minimum absolute atomic E-state index is 0.0288. The topological polar surface area (TPSA) is 101 Å². The zero-order chi connectivity index (χ0) is 27.3. The fourth-order valence-electron chi connectivity index (χ4n) is 4.44. The summed E-state index contributed by atoms with van der Waals surface area (Å²) in [6, 6.07) is 16.0. The van der Waals surface area contributed by atoms with E-state index in [-0.39, 0.29) is 31.0 Å². The number of carbonyl (C=O) groups is 2. The van der Waals surface area contributed by atoms with Crippen LogP contribution in [-0.2, 0) is 15.7 Å². The number of hydrogen-bond acceptors (Lipinski definition) is 5. The molecule has 2 aromatic carbocycles. The highest BCUT2D eigenvalue weighted by Gasteiger charge is 2.36. The number of benzene rings is 2. The van der Waals surface area contributed by atoms with Crippen molar-refractivity contribution in [2.24, 2.45) is 5.92 Å². The number of pyridine rings is 1. The molecule has 1 fully saturated rings. The Kier molecular flexibility index (Phi) is 8.31. The molecule has 1 unspecified atom stereocenters. The Labute approximate surface area is 218 Å². The standard InChI is InChI=1S/C28H28F3N3O4/c1-38-23-14-21(15-23)26(34-24-11-8-20(16-33-24)27(37)32-13-12-25(35)36)19-4-2-17(3-5-19)18-6-9-22(10-7-18)28(29,30)31/h2-11,16,21,23,26H,12-15H2,1H3,(H,32,37)(H,33,34)(H,35,36). The largest absolute Gasteiger partial charge is 0.481 e. The quantitative estimate of drug-likeness (QED) is 0.320. The Bertz CT molecular complexity index is 1240. The van der Waals surface area contributed by atoms with Crippen LogP contribution in [-0.4, -0.2) is 41.7 Å². The van der Waals surface area contributed by atoms with E-state index >= 15 is 0 Å². The van der Waals surface area contributed by atoms with Crippen LogP contribution in [0, 0.1) is 5.92 Å². The zero-order valence-electron chi connectivity index (χ0n) is 20.7. The monoisotopic (exact) mass is 527 g/mol. The van der Waals surface area contributed by atoms with E-state index in [9.17, 15) is 22.8 Å². The molecular weight excluding hydrogens is 499 g/mol. The molecule has 7 nitrogen and oxygen atoms in total. The maximum Gasteiger partial charge on any atom is 0.416 e. The van der Waals surface area contributed by atoms with E-state index in [4.69, 9.17) is 9.84 Å². The molecule has 0 bridgehead atoms. The number of rotatable bonds is 10. The number of ether oxygens (including phenoxy) is 1. The van der Waals surface area contributed by atoms with Gasteiger partial charge in [0.15, 0.2) is 0 Å². The average molecular weight is 528 g/mol. The second kappa shape index (κ2) is 11.6. The third-order valence-electron chi connectivity index (χ3n) is 6.70. The summed E-state index contributed by atoms with van der Waals surface area (Å²) < 4.78 is 44.1. The second-order valence-corrected chi connectivity index (χ2v) is 9.24. The van der Waals surface area contributed by atoms with Crippen LogP contribution in [0.25, 0.3) is 11.1 Å². The van der Waals surface area contributed by atoms with Gasteiger partial charge in [0.2, 0.25) is 0 Å². The van der Waals surface area contributed by atoms with Crippen molar-refractivity contribution in [1.82, 2.24) is 10.3 Å². The predicted molar refractivity (Wildman–Crippen MR) is 136 cm³/mol. The number of alkyl halides is 3. The van der Waals surface area contributed by atoms with E-state index in [2.05, 4.69) is 15.6 Å². The van der Waals surface area contributed by atoms with Gasteiger partial charge in [0.25, 0.3) is 5.91 Å². The third-order valence-corrected chi connectivity index (χ3v) is 6.70. The van der Waals surface area contributed by atoms with Crippen molar-refractivity contribution in [1.29, 1.82) is 0 Å². The van der Waals surface area contributed by atoms with Gasteiger partial charge in [-0.2, -0.15) is 13.2 Å². The number of nitrogens with zero attached hydrogens (tertiary/aromatic N) is 1. The Morgan fingerprint density at radius 2 is 1.66 bits per heavy atom. The number of halogens is 3. The summed E-state index contributed by atoms with van der Waals surface area (Å²) in [6.45, 7) is 0.0288. The first kappa shape index (κ1) is 27.1. The van der Waals surface area contributed by atoms with Gasteiger partial charge in [-0.1, -0.05) is 36.4 Å². The summed E-state index contributed by atoms with van der Waals surface area (Å²) >= 11 is 0. The first-order chi connectivity index (χ1) is 18.1. The summed E-state index contributed by atoms with van der Waals surface area (Å²) in [7, 11) is 1.68. The first-order valence-electron chi connectivity index (χ1n) is 12.2. The van der Waals surface area contributed by atoms with Gasteiger partial charge in [-0.25, -0.2) is 4.98 Å². The Balaban J connectivity index is 1.47. The molecule has 1 aliphatic rings. The maximum atomic E-state index is 12.9. The smallest absolute Gasteiger partial charge is 0.416 e. The molecular formula is C28H28F3N3O4. The number of anilines is 1. The molecule has 1 amide bonds. The van der Waals surface area contributed by atoms with Crippen LogP contribution < -0.4 is 10.6 Å². The number of nitrogens with one attached hydrogen (secondary N) is 2. The molecule has 0 saturated heterocycles. The predicted octanol–water partition coefficient (Wildman–Crippen LogP) is 5.55. The van der Waals surface area contributed by atoms with Crippen LogP contribution in [0.3, 0.4) is 0 Å². The minimum atomic E-state index is -4.37. The van der Waals surface area contributed by atoms with E-state index in [0.29, 0.717) is 16.9 Å².